The Bertz CT molecular complexity index is 174. The molecule has 3 unspecified atom stereocenters. The fourth-order valence-electron chi connectivity index (χ4n) is 2.02. The lowest BCUT2D eigenvalue weighted by molar-refractivity contribution is 0.504. The third-order valence-electron chi connectivity index (χ3n) is 3.23. The molecule has 0 spiro atoms. The Balaban J connectivity index is 1.92. The van der Waals surface area contributed by atoms with E-state index in [9.17, 15) is 0 Å². The molecule has 0 aromatic carbocycles. The highest BCUT2D eigenvalue weighted by Crippen LogP contribution is 2.41. The topological polar surface area (TPSA) is 26.0 Å². The average molecular weight is 195 g/mol. The number of hydrogen-bond acceptors (Lipinski definition) is 1. The van der Waals surface area contributed by atoms with Gasteiger partial charge in [0, 0.05) is 6.04 Å². The molecule has 1 heteroatoms. The molecule has 3 atom stereocenters. The number of unbranched alkanes of at least 4 members (excludes halogenated alkanes) is 1. The summed E-state index contributed by atoms with van der Waals surface area (Å²) in [5.41, 5.74) is 6.07. The highest BCUT2D eigenvalue weighted by molar-refractivity contribution is 4.86. The van der Waals surface area contributed by atoms with Crippen LogP contribution < -0.4 is 5.73 Å². The van der Waals surface area contributed by atoms with E-state index in [1.165, 1.54) is 32.1 Å². The monoisotopic (exact) mass is 195 g/mol. The molecule has 0 aromatic rings. The summed E-state index contributed by atoms with van der Waals surface area (Å²) in [5.74, 6) is 1.91. The highest BCUT2D eigenvalue weighted by Gasteiger charge is 2.33. The summed E-state index contributed by atoms with van der Waals surface area (Å²) in [6.45, 7) is 4.51. The number of rotatable bonds is 7. The molecule has 1 aliphatic carbocycles. The predicted molar refractivity (Wildman–Crippen MR) is 63.1 cm³/mol. The lowest BCUT2D eigenvalue weighted by atomic mass is 10.0. The molecular formula is C13H25N. The van der Waals surface area contributed by atoms with E-state index < -0.39 is 0 Å². The molecule has 1 nitrogen and oxygen atoms in total. The quantitative estimate of drug-likeness (QED) is 0.488. The molecule has 0 radical (unpaired) electrons. The smallest absolute Gasteiger partial charge is 0.00416 e. The summed E-state index contributed by atoms with van der Waals surface area (Å²) in [6.07, 6.45) is 12.0. The SMILES string of the molecule is CC/C=C\CCCC(N)CC1CC1C. The van der Waals surface area contributed by atoms with E-state index in [4.69, 9.17) is 5.73 Å². The largest absolute Gasteiger partial charge is 0.328 e. The van der Waals surface area contributed by atoms with Gasteiger partial charge in [-0.1, -0.05) is 26.0 Å². The molecule has 0 aromatic heterocycles. The van der Waals surface area contributed by atoms with Crippen molar-refractivity contribution in [3.8, 4) is 0 Å². The number of nitrogens with two attached hydrogens (primary N) is 1. The van der Waals surface area contributed by atoms with Crippen LogP contribution in [0.4, 0.5) is 0 Å². The lowest BCUT2D eigenvalue weighted by Crippen LogP contribution is -2.20. The van der Waals surface area contributed by atoms with E-state index in [-0.39, 0.29) is 0 Å². The standard InChI is InChI=1S/C13H25N/c1-3-4-5-6-7-8-13(14)10-12-9-11(12)2/h4-5,11-13H,3,6-10,14H2,1-2H3/b5-4-. The fourth-order valence-corrected chi connectivity index (χ4v) is 2.02. The second kappa shape index (κ2) is 6.23. The third-order valence-corrected chi connectivity index (χ3v) is 3.23. The first-order valence-electron chi connectivity index (χ1n) is 6.14. The van der Waals surface area contributed by atoms with Crippen molar-refractivity contribution in [2.24, 2.45) is 17.6 Å². The first-order chi connectivity index (χ1) is 6.74. The molecule has 0 aliphatic heterocycles. The highest BCUT2D eigenvalue weighted by atomic mass is 14.6. The lowest BCUT2D eigenvalue weighted by Gasteiger charge is -2.09. The molecule has 82 valence electrons. The predicted octanol–water partition coefficient (Wildman–Crippen LogP) is 3.50. The van der Waals surface area contributed by atoms with Gasteiger partial charge in [0.2, 0.25) is 0 Å². The Labute approximate surface area is 88.8 Å². The maximum absolute atomic E-state index is 6.07. The van der Waals surface area contributed by atoms with Gasteiger partial charge in [0.25, 0.3) is 0 Å². The summed E-state index contributed by atoms with van der Waals surface area (Å²) in [6, 6.07) is 0.458. The molecule has 14 heavy (non-hydrogen) atoms. The Kier molecular flexibility index (Phi) is 5.24. The summed E-state index contributed by atoms with van der Waals surface area (Å²) in [7, 11) is 0. The van der Waals surface area contributed by atoms with Gasteiger partial charge in [0.1, 0.15) is 0 Å². The van der Waals surface area contributed by atoms with Gasteiger partial charge in [-0.2, -0.15) is 0 Å². The average Bonchev–Trinajstić information content (AvgIpc) is 2.81. The first kappa shape index (κ1) is 11.8. The van der Waals surface area contributed by atoms with Gasteiger partial charge >= 0.3 is 0 Å². The van der Waals surface area contributed by atoms with E-state index in [0.29, 0.717) is 6.04 Å². The van der Waals surface area contributed by atoms with Crippen LogP contribution in [-0.2, 0) is 0 Å². The van der Waals surface area contributed by atoms with Crippen molar-refractivity contribution >= 4 is 0 Å². The molecule has 1 fully saturated rings. The summed E-state index contributed by atoms with van der Waals surface area (Å²) in [5, 5.41) is 0. The van der Waals surface area contributed by atoms with E-state index in [1.54, 1.807) is 0 Å². The van der Waals surface area contributed by atoms with Crippen molar-refractivity contribution in [3.63, 3.8) is 0 Å². The van der Waals surface area contributed by atoms with Crippen LogP contribution in [0.15, 0.2) is 12.2 Å². The van der Waals surface area contributed by atoms with Gasteiger partial charge in [-0.15, -0.1) is 0 Å². The zero-order valence-electron chi connectivity index (χ0n) is 9.71. The minimum absolute atomic E-state index is 0.458. The second-order valence-corrected chi connectivity index (χ2v) is 4.78. The Morgan fingerprint density at radius 1 is 1.43 bits per heavy atom. The van der Waals surface area contributed by atoms with Gasteiger partial charge in [-0.25, -0.2) is 0 Å². The normalized spacial score (nSPS) is 28.2. The molecule has 2 N–H and O–H groups in total. The van der Waals surface area contributed by atoms with Gasteiger partial charge < -0.3 is 5.73 Å². The van der Waals surface area contributed by atoms with E-state index in [2.05, 4.69) is 26.0 Å². The van der Waals surface area contributed by atoms with Crippen LogP contribution >= 0.6 is 0 Å². The van der Waals surface area contributed by atoms with Gasteiger partial charge in [0.05, 0.1) is 0 Å². The van der Waals surface area contributed by atoms with E-state index >= 15 is 0 Å². The van der Waals surface area contributed by atoms with Crippen molar-refractivity contribution < 1.29 is 0 Å². The van der Waals surface area contributed by atoms with Crippen LogP contribution in [0, 0.1) is 11.8 Å². The molecule has 0 heterocycles. The van der Waals surface area contributed by atoms with Crippen LogP contribution in [0.5, 0.6) is 0 Å². The second-order valence-electron chi connectivity index (χ2n) is 4.78. The maximum Gasteiger partial charge on any atom is 0.00416 e. The number of hydrogen-bond donors (Lipinski definition) is 1. The van der Waals surface area contributed by atoms with E-state index in [0.717, 1.165) is 18.3 Å². The van der Waals surface area contributed by atoms with Crippen molar-refractivity contribution in [1.82, 2.24) is 0 Å². The zero-order chi connectivity index (χ0) is 10.4. The van der Waals surface area contributed by atoms with Gasteiger partial charge in [-0.05, 0) is 50.4 Å². The van der Waals surface area contributed by atoms with Crippen LogP contribution in [0.2, 0.25) is 0 Å². The zero-order valence-corrected chi connectivity index (χ0v) is 9.71. The molecule has 1 aliphatic rings. The van der Waals surface area contributed by atoms with E-state index in [1.807, 2.05) is 0 Å². The molecule has 1 saturated carbocycles. The Hall–Kier alpha value is -0.300. The van der Waals surface area contributed by atoms with Crippen molar-refractivity contribution in [1.29, 1.82) is 0 Å². The summed E-state index contributed by atoms with van der Waals surface area (Å²) < 4.78 is 0. The first-order valence-corrected chi connectivity index (χ1v) is 6.14. The molecule has 0 amide bonds. The van der Waals surface area contributed by atoms with Gasteiger partial charge in [0.15, 0.2) is 0 Å². The van der Waals surface area contributed by atoms with Gasteiger partial charge in [-0.3, -0.25) is 0 Å². The van der Waals surface area contributed by atoms with Crippen molar-refractivity contribution in [2.45, 2.75) is 58.4 Å². The van der Waals surface area contributed by atoms with Crippen molar-refractivity contribution in [3.05, 3.63) is 12.2 Å². The van der Waals surface area contributed by atoms with Crippen molar-refractivity contribution in [2.75, 3.05) is 0 Å². The third kappa shape index (κ3) is 4.80. The molecule has 1 rings (SSSR count). The molecular weight excluding hydrogens is 170 g/mol. The van der Waals surface area contributed by atoms with Crippen LogP contribution in [-0.4, -0.2) is 6.04 Å². The summed E-state index contributed by atoms with van der Waals surface area (Å²) >= 11 is 0. The summed E-state index contributed by atoms with van der Waals surface area (Å²) in [4.78, 5) is 0. The fraction of sp³-hybridized carbons (Fsp3) is 0.846. The van der Waals surface area contributed by atoms with Crippen LogP contribution in [0.3, 0.4) is 0 Å². The Morgan fingerprint density at radius 2 is 2.14 bits per heavy atom. The maximum atomic E-state index is 6.07. The van der Waals surface area contributed by atoms with Crippen LogP contribution in [0.25, 0.3) is 0 Å². The number of allylic oxidation sites excluding steroid dienone is 2. The van der Waals surface area contributed by atoms with Crippen LogP contribution in [0.1, 0.15) is 52.4 Å². The molecule has 0 bridgehead atoms. The molecule has 0 saturated heterocycles. The minimum Gasteiger partial charge on any atom is -0.328 e. The minimum atomic E-state index is 0.458. The Morgan fingerprint density at radius 3 is 2.71 bits per heavy atom.